The van der Waals surface area contributed by atoms with Crippen LogP contribution in [0, 0.1) is 13.8 Å². The number of hydrogen-bond acceptors (Lipinski definition) is 3. The number of anilines is 1. The second-order valence-electron chi connectivity index (χ2n) is 7.42. The van der Waals surface area contributed by atoms with Gasteiger partial charge >= 0.3 is 0 Å². The third-order valence-corrected chi connectivity index (χ3v) is 5.82. The van der Waals surface area contributed by atoms with Crippen molar-refractivity contribution in [3.05, 3.63) is 59.2 Å². The Morgan fingerprint density at radius 1 is 1.11 bits per heavy atom. The van der Waals surface area contributed by atoms with Crippen LogP contribution in [-0.2, 0) is 11.2 Å². The first kappa shape index (κ1) is 19.5. The summed E-state index contributed by atoms with van der Waals surface area (Å²) in [7, 11) is 4.28. The number of carbonyl (C=O) groups excluding carboxylic acids is 1. The number of fused-ring (bicyclic) bond motifs is 1. The first-order valence-corrected chi connectivity index (χ1v) is 10.3. The number of rotatable bonds is 7. The highest BCUT2D eigenvalue weighted by molar-refractivity contribution is 7.22. The fourth-order valence-electron chi connectivity index (χ4n) is 3.07. The molecule has 142 valence electrons. The van der Waals surface area contributed by atoms with Gasteiger partial charge in [0.25, 0.3) is 0 Å². The van der Waals surface area contributed by atoms with Gasteiger partial charge in [0, 0.05) is 13.0 Å². The van der Waals surface area contributed by atoms with Gasteiger partial charge in [-0.3, -0.25) is 9.69 Å². The minimum atomic E-state index is 0.113. The fourth-order valence-corrected chi connectivity index (χ4v) is 4.16. The number of hydrogen-bond donors (Lipinski definition) is 1. The summed E-state index contributed by atoms with van der Waals surface area (Å²) < 4.78 is 1.14. The highest BCUT2D eigenvalue weighted by atomic mass is 32.1. The Bertz CT molecular complexity index is 879. The molecule has 3 aromatic rings. The van der Waals surface area contributed by atoms with Crippen LogP contribution >= 0.6 is 11.3 Å². The molecule has 2 aromatic carbocycles. The molecule has 0 unspecified atom stereocenters. The van der Waals surface area contributed by atoms with Gasteiger partial charge in [0.1, 0.15) is 0 Å². The van der Waals surface area contributed by atoms with Crippen molar-refractivity contribution in [3.8, 4) is 0 Å². The molecule has 0 radical (unpaired) electrons. The van der Waals surface area contributed by atoms with Crippen molar-refractivity contribution in [1.29, 1.82) is 0 Å². The van der Waals surface area contributed by atoms with Crippen molar-refractivity contribution < 1.29 is 9.69 Å². The molecule has 0 saturated heterocycles. The van der Waals surface area contributed by atoms with Crippen molar-refractivity contribution in [1.82, 2.24) is 4.98 Å². The zero-order chi connectivity index (χ0) is 19.4. The Balaban J connectivity index is 1.87. The molecule has 0 aliphatic heterocycles. The van der Waals surface area contributed by atoms with Crippen molar-refractivity contribution >= 4 is 32.6 Å². The van der Waals surface area contributed by atoms with E-state index < -0.39 is 0 Å². The minimum absolute atomic E-state index is 0.113. The van der Waals surface area contributed by atoms with Gasteiger partial charge in [-0.1, -0.05) is 41.7 Å². The predicted molar refractivity (Wildman–Crippen MR) is 114 cm³/mol. The summed E-state index contributed by atoms with van der Waals surface area (Å²) in [6, 6.07) is 14.2. The molecule has 0 fully saturated rings. The molecular formula is C22H28N3OS+. The number of nitrogens with one attached hydrogen (secondary N) is 1. The highest BCUT2D eigenvalue weighted by Gasteiger charge is 2.20. The van der Waals surface area contributed by atoms with Crippen molar-refractivity contribution in [3.63, 3.8) is 0 Å². The number of amides is 1. The first-order chi connectivity index (χ1) is 12.9. The Kier molecular flexibility index (Phi) is 6.24. The van der Waals surface area contributed by atoms with Crippen LogP contribution in [0.1, 0.15) is 23.1 Å². The maximum atomic E-state index is 13.1. The maximum absolute atomic E-state index is 13.1. The van der Waals surface area contributed by atoms with E-state index >= 15 is 0 Å². The molecule has 1 amide bonds. The molecule has 0 spiro atoms. The van der Waals surface area contributed by atoms with Gasteiger partial charge in [0.15, 0.2) is 5.13 Å². The minimum Gasteiger partial charge on any atom is -0.340 e. The van der Waals surface area contributed by atoms with E-state index in [0.29, 0.717) is 13.0 Å². The number of thiazole rings is 1. The Morgan fingerprint density at radius 3 is 2.52 bits per heavy atom. The number of aromatic nitrogens is 1. The lowest BCUT2D eigenvalue weighted by Gasteiger charge is -2.20. The Morgan fingerprint density at radius 2 is 1.81 bits per heavy atom. The van der Waals surface area contributed by atoms with Crippen LogP contribution in [0.3, 0.4) is 0 Å². The van der Waals surface area contributed by atoms with Gasteiger partial charge in [-0.05, 0) is 42.7 Å². The number of benzene rings is 2. The standard InChI is InChI=1S/C22H27N3OS/c1-16-13-19-20(14-17(16)2)27-22(23-19)25(12-8-11-24(3)4)21(26)15-18-9-6-5-7-10-18/h5-7,9-10,13-14H,8,11-12,15H2,1-4H3/p+1. The monoisotopic (exact) mass is 382 g/mol. The van der Waals surface area contributed by atoms with Gasteiger partial charge in [-0.15, -0.1) is 0 Å². The summed E-state index contributed by atoms with van der Waals surface area (Å²) in [5.74, 6) is 0.113. The molecule has 0 aliphatic carbocycles. The van der Waals surface area contributed by atoms with Gasteiger partial charge in [-0.25, -0.2) is 4.98 Å². The summed E-state index contributed by atoms with van der Waals surface area (Å²) in [5.41, 5.74) is 4.51. The molecule has 0 bridgehead atoms. The van der Waals surface area contributed by atoms with E-state index in [1.54, 1.807) is 11.3 Å². The second kappa shape index (κ2) is 8.63. The van der Waals surface area contributed by atoms with Crippen LogP contribution < -0.4 is 9.80 Å². The lowest BCUT2D eigenvalue weighted by Crippen LogP contribution is -3.05. The van der Waals surface area contributed by atoms with E-state index in [1.807, 2.05) is 35.2 Å². The van der Waals surface area contributed by atoms with Crippen LogP contribution in [0.25, 0.3) is 10.2 Å². The SMILES string of the molecule is Cc1cc2nc(N(CCC[NH+](C)C)C(=O)Cc3ccccc3)sc2cc1C. The van der Waals surface area contributed by atoms with Crippen LogP contribution in [0.4, 0.5) is 5.13 Å². The van der Waals surface area contributed by atoms with E-state index in [9.17, 15) is 4.79 Å². The van der Waals surface area contributed by atoms with E-state index in [4.69, 9.17) is 4.98 Å². The van der Waals surface area contributed by atoms with Gasteiger partial charge in [-0.2, -0.15) is 0 Å². The molecule has 0 aliphatic rings. The third kappa shape index (κ3) is 4.93. The summed E-state index contributed by atoms with van der Waals surface area (Å²) in [6.45, 7) is 5.95. The van der Waals surface area contributed by atoms with Gasteiger partial charge in [0.05, 0.1) is 37.3 Å². The maximum Gasteiger partial charge on any atom is 0.233 e. The average molecular weight is 383 g/mol. The predicted octanol–water partition coefficient (Wildman–Crippen LogP) is 3.02. The molecular weight excluding hydrogens is 354 g/mol. The highest BCUT2D eigenvalue weighted by Crippen LogP contribution is 2.31. The van der Waals surface area contributed by atoms with E-state index in [1.165, 1.54) is 16.0 Å². The summed E-state index contributed by atoms with van der Waals surface area (Å²) in [6.07, 6.45) is 1.36. The lowest BCUT2D eigenvalue weighted by atomic mass is 10.1. The molecule has 0 saturated carbocycles. The third-order valence-electron chi connectivity index (χ3n) is 4.78. The largest absolute Gasteiger partial charge is 0.340 e. The normalized spacial score (nSPS) is 11.3. The van der Waals surface area contributed by atoms with Crippen molar-refractivity contribution in [2.24, 2.45) is 0 Å². The molecule has 3 rings (SSSR count). The molecule has 4 nitrogen and oxygen atoms in total. The topological polar surface area (TPSA) is 37.6 Å². The van der Waals surface area contributed by atoms with E-state index in [2.05, 4.69) is 40.1 Å². The Hall–Kier alpha value is -2.24. The smallest absolute Gasteiger partial charge is 0.233 e. The zero-order valence-electron chi connectivity index (χ0n) is 16.6. The zero-order valence-corrected chi connectivity index (χ0v) is 17.4. The first-order valence-electron chi connectivity index (χ1n) is 9.45. The second-order valence-corrected chi connectivity index (χ2v) is 8.43. The Labute approximate surface area is 165 Å². The molecule has 1 aromatic heterocycles. The van der Waals surface area contributed by atoms with E-state index in [0.717, 1.165) is 33.9 Å². The summed E-state index contributed by atoms with van der Waals surface area (Å²) in [5, 5.41) is 0.810. The molecule has 1 N–H and O–H groups in total. The quantitative estimate of drug-likeness (QED) is 0.682. The molecule has 27 heavy (non-hydrogen) atoms. The summed E-state index contributed by atoms with van der Waals surface area (Å²) in [4.78, 5) is 21.1. The number of quaternary nitrogens is 1. The number of carbonyl (C=O) groups is 1. The average Bonchev–Trinajstić information content (AvgIpc) is 3.01. The molecule has 0 atom stereocenters. The molecule has 1 heterocycles. The summed E-state index contributed by atoms with van der Waals surface area (Å²) >= 11 is 1.61. The molecule has 5 heteroatoms. The van der Waals surface area contributed by atoms with Crippen molar-refractivity contribution in [2.45, 2.75) is 26.7 Å². The van der Waals surface area contributed by atoms with Crippen LogP contribution in [0.15, 0.2) is 42.5 Å². The lowest BCUT2D eigenvalue weighted by molar-refractivity contribution is -0.858. The van der Waals surface area contributed by atoms with Crippen molar-refractivity contribution in [2.75, 3.05) is 32.1 Å². The number of nitrogens with zero attached hydrogens (tertiary/aromatic N) is 2. The number of aryl methyl sites for hydroxylation is 2. The fraction of sp³-hybridized carbons (Fsp3) is 0.364. The van der Waals surface area contributed by atoms with Crippen LogP contribution in [-0.4, -0.2) is 38.1 Å². The van der Waals surface area contributed by atoms with Crippen LogP contribution in [0.5, 0.6) is 0 Å². The van der Waals surface area contributed by atoms with Gasteiger partial charge in [0.2, 0.25) is 5.91 Å². The van der Waals surface area contributed by atoms with Gasteiger partial charge < -0.3 is 4.90 Å². The van der Waals surface area contributed by atoms with E-state index in [-0.39, 0.29) is 5.91 Å². The van der Waals surface area contributed by atoms with Crippen LogP contribution in [0.2, 0.25) is 0 Å².